The van der Waals surface area contributed by atoms with E-state index in [0.29, 0.717) is 23.4 Å². The molecular weight excluding hydrogens is 451 g/mol. The molecule has 0 saturated heterocycles. The lowest BCUT2D eigenvalue weighted by molar-refractivity contribution is -0.190. The number of unbranched alkanes of at least 4 members (excludes halogenated alkanes) is 1. The molecule has 8 nitrogen and oxygen atoms in total. The molecule has 1 unspecified atom stereocenters. The van der Waals surface area contributed by atoms with E-state index in [1.807, 2.05) is 0 Å². The molecule has 0 aliphatic carbocycles. The van der Waals surface area contributed by atoms with Crippen molar-refractivity contribution in [2.45, 2.75) is 44.4 Å². The number of aliphatic hydroxyl groups is 1. The number of aromatic nitrogens is 3. The number of nitrogens with zero attached hydrogens (tertiary/aromatic N) is 3. The molecule has 3 aromatic rings. The van der Waals surface area contributed by atoms with E-state index in [-0.39, 0.29) is 36.7 Å². The number of hydrogen-bond acceptors (Lipinski definition) is 8. The lowest BCUT2D eigenvalue weighted by Gasteiger charge is -2.35. The van der Waals surface area contributed by atoms with Gasteiger partial charge in [0.05, 0.1) is 26.3 Å². The first kappa shape index (κ1) is 25.3. The second-order valence-electron chi connectivity index (χ2n) is 7.76. The van der Waals surface area contributed by atoms with Crippen molar-refractivity contribution in [3.05, 3.63) is 42.1 Å². The van der Waals surface area contributed by atoms with Gasteiger partial charge in [-0.25, -0.2) is 4.98 Å². The topological polar surface area (TPSA) is 101 Å². The predicted octanol–water partition coefficient (Wildman–Crippen LogP) is 4.55. The smallest absolute Gasteiger partial charge is 0.413 e. The molecule has 0 aliphatic rings. The molecule has 184 valence electrons. The highest BCUT2D eigenvalue weighted by molar-refractivity contribution is 5.86. The van der Waals surface area contributed by atoms with Crippen molar-refractivity contribution in [3.8, 4) is 11.5 Å². The number of aliphatic hydroxyl groups excluding tert-OH is 1. The van der Waals surface area contributed by atoms with Gasteiger partial charge in [0.2, 0.25) is 5.95 Å². The SMILES string of the molecule is CCCCC(CO)(Nc1nc(NCc2ccc(OC)cc2OC)nc2cccnc12)C(F)(F)F. The molecule has 1 aromatic carbocycles. The van der Waals surface area contributed by atoms with Crippen LogP contribution in [0.15, 0.2) is 36.5 Å². The third kappa shape index (κ3) is 5.41. The molecule has 2 heterocycles. The highest BCUT2D eigenvalue weighted by atomic mass is 19.4. The van der Waals surface area contributed by atoms with Crippen LogP contribution in [0.4, 0.5) is 24.9 Å². The van der Waals surface area contributed by atoms with Crippen LogP contribution in [0.25, 0.3) is 11.0 Å². The molecule has 0 aliphatic heterocycles. The van der Waals surface area contributed by atoms with Crippen LogP contribution in [-0.4, -0.2) is 52.6 Å². The minimum atomic E-state index is -4.72. The van der Waals surface area contributed by atoms with Crippen molar-refractivity contribution in [1.29, 1.82) is 0 Å². The van der Waals surface area contributed by atoms with Crippen molar-refractivity contribution in [2.75, 3.05) is 31.5 Å². The quantitative estimate of drug-likeness (QED) is 0.368. The number of fused-ring (bicyclic) bond motifs is 1. The number of alkyl halides is 3. The summed E-state index contributed by atoms with van der Waals surface area (Å²) in [5, 5.41) is 15.3. The summed E-state index contributed by atoms with van der Waals surface area (Å²) < 4.78 is 52.8. The first-order valence-corrected chi connectivity index (χ1v) is 10.8. The Hall–Kier alpha value is -3.34. The Labute approximate surface area is 195 Å². The van der Waals surface area contributed by atoms with E-state index in [9.17, 15) is 18.3 Å². The predicted molar refractivity (Wildman–Crippen MR) is 123 cm³/mol. The zero-order valence-corrected chi connectivity index (χ0v) is 19.2. The Balaban J connectivity index is 1.97. The third-order valence-corrected chi connectivity index (χ3v) is 5.51. The van der Waals surface area contributed by atoms with Crippen LogP contribution in [0.1, 0.15) is 31.7 Å². The molecule has 0 radical (unpaired) electrons. The van der Waals surface area contributed by atoms with Crippen molar-refractivity contribution in [1.82, 2.24) is 15.0 Å². The first-order valence-electron chi connectivity index (χ1n) is 10.8. The maximum atomic E-state index is 14.1. The molecule has 11 heteroatoms. The normalized spacial score (nSPS) is 13.4. The zero-order chi connectivity index (χ0) is 24.8. The number of nitrogens with one attached hydrogen (secondary N) is 2. The Morgan fingerprint density at radius 2 is 1.88 bits per heavy atom. The largest absolute Gasteiger partial charge is 0.497 e. The van der Waals surface area contributed by atoms with Gasteiger partial charge in [-0.15, -0.1) is 0 Å². The number of benzene rings is 1. The summed E-state index contributed by atoms with van der Waals surface area (Å²) in [5.41, 5.74) is -1.25. The fourth-order valence-corrected chi connectivity index (χ4v) is 3.49. The lowest BCUT2D eigenvalue weighted by Crippen LogP contribution is -2.55. The number of anilines is 2. The van der Waals surface area contributed by atoms with Crippen molar-refractivity contribution < 1.29 is 27.8 Å². The van der Waals surface area contributed by atoms with Crippen LogP contribution < -0.4 is 20.1 Å². The molecule has 0 bridgehead atoms. The van der Waals surface area contributed by atoms with Crippen molar-refractivity contribution in [2.24, 2.45) is 0 Å². The van der Waals surface area contributed by atoms with E-state index in [1.54, 1.807) is 44.4 Å². The average molecular weight is 480 g/mol. The molecule has 34 heavy (non-hydrogen) atoms. The third-order valence-electron chi connectivity index (χ3n) is 5.51. The Morgan fingerprint density at radius 3 is 2.53 bits per heavy atom. The van der Waals surface area contributed by atoms with Crippen molar-refractivity contribution >= 4 is 22.8 Å². The van der Waals surface area contributed by atoms with E-state index in [0.717, 1.165) is 5.56 Å². The molecule has 2 aromatic heterocycles. The van der Waals surface area contributed by atoms with E-state index >= 15 is 0 Å². The standard InChI is InChI=1S/C23H28F3N5O3/c1-4-5-10-22(14-32,23(24,25)26)31-20-19-17(7-6-11-27-19)29-21(30-20)28-13-15-8-9-16(33-2)12-18(15)34-3/h6-9,11-12,32H,4-5,10,13-14H2,1-3H3,(H2,28,29,30,31). The van der Waals surface area contributed by atoms with Crippen LogP contribution >= 0.6 is 0 Å². The second-order valence-corrected chi connectivity index (χ2v) is 7.76. The van der Waals surface area contributed by atoms with Gasteiger partial charge < -0.3 is 25.2 Å². The molecule has 0 spiro atoms. The molecule has 3 N–H and O–H groups in total. The first-order chi connectivity index (χ1) is 16.3. The minimum absolute atomic E-state index is 0.102. The van der Waals surface area contributed by atoms with Gasteiger partial charge in [0.1, 0.15) is 17.0 Å². The molecule has 1 atom stereocenters. The van der Waals surface area contributed by atoms with Gasteiger partial charge in [-0.05, 0) is 30.7 Å². The summed E-state index contributed by atoms with van der Waals surface area (Å²) in [6, 6.07) is 8.56. The minimum Gasteiger partial charge on any atom is -0.497 e. The van der Waals surface area contributed by atoms with Gasteiger partial charge in [-0.2, -0.15) is 18.2 Å². The van der Waals surface area contributed by atoms with Gasteiger partial charge in [0, 0.05) is 24.4 Å². The number of rotatable bonds is 11. The summed E-state index contributed by atoms with van der Waals surface area (Å²) in [4.78, 5) is 12.8. The van der Waals surface area contributed by atoms with Gasteiger partial charge >= 0.3 is 6.18 Å². The Morgan fingerprint density at radius 1 is 1.09 bits per heavy atom. The van der Waals surface area contributed by atoms with E-state index in [1.165, 1.54) is 13.3 Å². The molecule has 0 fully saturated rings. The average Bonchev–Trinajstić information content (AvgIpc) is 2.84. The van der Waals surface area contributed by atoms with Crippen LogP contribution in [0.2, 0.25) is 0 Å². The van der Waals surface area contributed by atoms with Gasteiger partial charge in [-0.1, -0.05) is 19.8 Å². The van der Waals surface area contributed by atoms with Crippen LogP contribution in [0, 0.1) is 0 Å². The zero-order valence-electron chi connectivity index (χ0n) is 19.2. The number of hydrogen-bond donors (Lipinski definition) is 3. The lowest BCUT2D eigenvalue weighted by atomic mass is 9.92. The van der Waals surface area contributed by atoms with Crippen molar-refractivity contribution in [3.63, 3.8) is 0 Å². The fourth-order valence-electron chi connectivity index (χ4n) is 3.49. The maximum Gasteiger partial charge on any atom is 0.413 e. The van der Waals surface area contributed by atoms with E-state index in [2.05, 4.69) is 25.6 Å². The highest BCUT2D eigenvalue weighted by Gasteiger charge is 2.54. The number of pyridine rings is 1. The number of ether oxygens (including phenoxy) is 2. The summed E-state index contributed by atoms with van der Waals surface area (Å²) in [6.07, 6.45) is -2.77. The Kier molecular flexibility index (Phi) is 7.98. The monoisotopic (exact) mass is 479 g/mol. The molecule has 0 saturated carbocycles. The van der Waals surface area contributed by atoms with Gasteiger partial charge in [-0.3, -0.25) is 4.98 Å². The summed E-state index contributed by atoms with van der Waals surface area (Å²) in [6.45, 7) is 0.898. The van der Waals surface area contributed by atoms with Crippen LogP contribution in [0.3, 0.4) is 0 Å². The Bertz CT molecular complexity index is 1110. The molecule has 3 rings (SSSR count). The molecular formula is C23H28F3N5O3. The fraction of sp³-hybridized carbons (Fsp3) is 0.435. The highest BCUT2D eigenvalue weighted by Crippen LogP contribution is 2.38. The van der Waals surface area contributed by atoms with E-state index in [4.69, 9.17) is 9.47 Å². The van der Waals surface area contributed by atoms with Gasteiger partial charge in [0.25, 0.3) is 0 Å². The number of halogens is 3. The summed E-state index contributed by atoms with van der Waals surface area (Å²) in [5.74, 6) is 1.19. The molecule has 0 amide bonds. The summed E-state index contributed by atoms with van der Waals surface area (Å²) >= 11 is 0. The maximum absolute atomic E-state index is 14.1. The number of methoxy groups -OCH3 is 2. The van der Waals surface area contributed by atoms with Crippen LogP contribution in [0.5, 0.6) is 11.5 Å². The summed E-state index contributed by atoms with van der Waals surface area (Å²) in [7, 11) is 3.08. The van der Waals surface area contributed by atoms with E-state index < -0.39 is 18.3 Å². The van der Waals surface area contributed by atoms with Crippen LogP contribution in [-0.2, 0) is 6.54 Å². The second kappa shape index (κ2) is 10.7. The van der Waals surface area contributed by atoms with Gasteiger partial charge in [0.15, 0.2) is 11.4 Å².